The molecule has 0 aliphatic rings. The fourth-order valence-corrected chi connectivity index (χ4v) is 2.46. The van der Waals surface area contributed by atoms with Crippen molar-refractivity contribution in [3.63, 3.8) is 0 Å². The van der Waals surface area contributed by atoms with Crippen molar-refractivity contribution in [2.24, 2.45) is 10.7 Å². The summed E-state index contributed by atoms with van der Waals surface area (Å²) in [5.41, 5.74) is 6.88. The van der Waals surface area contributed by atoms with E-state index in [0.29, 0.717) is 5.96 Å². The summed E-state index contributed by atoms with van der Waals surface area (Å²) in [7, 11) is 0. The van der Waals surface area contributed by atoms with Gasteiger partial charge >= 0.3 is 0 Å². The van der Waals surface area contributed by atoms with Gasteiger partial charge in [0.15, 0.2) is 5.96 Å². The van der Waals surface area contributed by atoms with E-state index in [1.807, 2.05) is 6.92 Å². The van der Waals surface area contributed by atoms with Crippen molar-refractivity contribution in [3.8, 4) is 0 Å². The quantitative estimate of drug-likeness (QED) is 0.464. The molecule has 1 rings (SSSR count). The summed E-state index contributed by atoms with van der Waals surface area (Å²) in [5.74, 6) is 0.553. The Balaban J connectivity index is 2.28. The summed E-state index contributed by atoms with van der Waals surface area (Å²) in [6.07, 6.45) is 3.20. The number of aromatic nitrogens is 1. The Bertz CT molecular complexity index is 371. The molecule has 0 saturated heterocycles. The van der Waals surface area contributed by atoms with E-state index in [1.165, 1.54) is 4.88 Å². The van der Waals surface area contributed by atoms with Crippen LogP contribution in [0.3, 0.4) is 0 Å². The highest BCUT2D eigenvalue weighted by Gasteiger charge is 2.03. The molecule has 3 N–H and O–H groups in total. The Labute approximate surface area is 107 Å². The Morgan fingerprint density at radius 2 is 2.24 bits per heavy atom. The number of nitrogens with zero attached hydrogens (tertiary/aromatic N) is 2. The second kappa shape index (κ2) is 7.27. The molecule has 1 aromatic rings. The van der Waals surface area contributed by atoms with Crippen LogP contribution in [0.5, 0.6) is 0 Å². The summed E-state index contributed by atoms with van der Waals surface area (Å²) in [5, 5.41) is 4.26. The fourth-order valence-electron chi connectivity index (χ4n) is 1.52. The van der Waals surface area contributed by atoms with E-state index < -0.39 is 0 Å². The van der Waals surface area contributed by atoms with Gasteiger partial charge in [0.05, 0.1) is 10.7 Å². The van der Waals surface area contributed by atoms with Gasteiger partial charge in [0.1, 0.15) is 0 Å². The van der Waals surface area contributed by atoms with Gasteiger partial charge in [-0.15, -0.1) is 11.3 Å². The van der Waals surface area contributed by atoms with E-state index in [-0.39, 0.29) is 0 Å². The number of unbranched alkanes of at least 4 members (excludes halogenated alkanes) is 1. The number of hydrogen-bond acceptors (Lipinski definition) is 3. The van der Waals surface area contributed by atoms with Crippen LogP contribution in [0.2, 0.25) is 0 Å². The average molecular weight is 254 g/mol. The molecule has 0 amide bonds. The molecule has 0 radical (unpaired) electrons. The third kappa shape index (κ3) is 5.17. The van der Waals surface area contributed by atoms with Crippen LogP contribution in [-0.2, 0) is 6.42 Å². The zero-order valence-electron chi connectivity index (χ0n) is 10.9. The zero-order valence-corrected chi connectivity index (χ0v) is 11.7. The molecule has 0 spiro atoms. The normalized spacial score (nSPS) is 11.8. The van der Waals surface area contributed by atoms with Crippen molar-refractivity contribution in [1.82, 2.24) is 10.3 Å². The number of nitrogens with two attached hydrogens (primary N) is 1. The minimum Gasteiger partial charge on any atom is -0.370 e. The van der Waals surface area contributed by atoms with Gasteiger partial charge in [-0.05, 0) is 20.3 Å². The molecule has 96 valence electrons. The van der Waals surface area contributed by atoms with Gasteiger partial charge in [0, 0.05) is 24.4 Å². The van der Waals surface area contributed by atoms with Gasteiger partial charge in [0.25, 0.3) is 0 Å². The van der Waals surface area contributed by atoms with Crippen LogP contribution in [0.15, 0.2) is 4.99 Å². The predicted octanol–water partition coefficient (Wildman–Crippen LogP) is 2.01. The summed E-state index contributed by atoms with van der Waals surface area (Å²) in [6.45, 7) is 7.87. The smallest absolute Gasteiger partial charge is 0.188 e. The van der Waals surface area contributed by atoms with E-state index in [9.17, 15) is 0 Å². The van der Waals surface area contributed by atoms with Crippen molar-refractivity contribution in [2.75, 3.05) is 13.1 Å². The molecule has 17 heavy (non-hydrogen) atoms. The summed E-state index contributed by atoms with van der Waals surface area (Å²) < 4.78 is 0. The van der Waals surface area contributed by atoms with Crippen molar-refractivity contribution < 1.29 is 0 Å². The highest BCUT2D eigenvalue weighted by molar-refractivity contribution is 7.11. The van der Waals surface area contributed by atoms with Crippen molar-refractivity contribution in [1.29, 1.82) is 0 Å². The molecule has 4 nitrogen and oxygen atoms in total. The topological polar surface area (TPSA) is 63.3 Å². The van der Waals surface area contributed by atoms with Gasteiger partial charge in [-0.1, -0.05) is 13.3 Å². The Kier molecular flexibility index (Phi) is 5.97. The first-order valence-corrected chi connectivity index (χ1v) is 6.91. The van der Waals surface area contributed by atoms with Crippen LogP contribution in [0, 0.1) is 13.8 Å². The van der Waals surface area contributed by atoms with Gasteiger partial charge in [-0.25, -0.2) is 4.98 Å². The van der Waals surface area contributed by atoms with Gasteiger partial charge in [0.2, 0.25) is 0 Å². The molecule has 1 aromatic heterocycles. The molecule has 0 unspecified atom stereocenters. The van der Waals surface area contributed by atoms with Crippen LogP contribution >= 0.6 is 11.3 Å². The molecule has 0 atom stereocenters. The van der Waals surface area contributed by atoms with E-state index in [0.717, 1.165) is 43.1 Å². The second-order valence-corrected chi connectivity index (χ2v) is 5.33. The fraction of sp³-hybridized carbons (Fsp3) is 0.667. The predicted molar refractivity (Wildman–Crippen MR) is 74.7 cm³/mol. The summed E-state index contributed by atoms with van der Waals surface area (Å²) in [6, 6.07) is 0. The third-order valence-electron chi connectivity index (χ3n) is 2.45. The highest BCUT2D eigenvalue weighted by atomic mass is 32.1. The molecule has 0 fully saturated rings. The SMILES string of the molecule is CCCCN=C(N)NCCc1sc(C)nc1C. The van der Waals surface area contributed by atoms with Crippen LogP contribution in [-0.4, -0.2) is 24.0 Å². The molecule has 0 aliphatic carbocycles. The number of thiazole rings is 1. The first-order chi connectivity index (χ1) is 8.13. The molecule has 0 aliphatic heterocycles. The highest BCUT2D eigenvalue weighted by Crippen LogP contribution is 2.16. The van der Waals surface area contributed by atoms with E-state index in [2.05, 4.69) is 29.1 Å². The van der Waals surface area contributed by atoms with Crippen LogP contribution in [0.4, 0.5) is 0 Å². The molecule has 1 heterocycles. The van der Waals surface area contributed by atoms with Crippen molar-refractivity contribution >= 4 is 17.3 Å². The lowest BCUT2D eigenvalue weighted by atomic mass is 10.3. The molecule has 5 heteroatoms. The first-order valence-electron chi connectivity index (χ1n) is 6.10. The van der Waals surface area contributed by atoms with Gasteiger partial charge in [-0.3, -0.25) is 4.99 Å². The Morgan fingerprint density at radius 3 is 2.82 bits per heavy atom. The van der Waals surface area contributed by atoms with Gasteiger partial charge in [-0.2, -0.15) is 0 Å². The molecular formula is C12H22N4S. The zero-order chi connectivity index (χ0) is 12.7. The molecule has 0 aromatic carbocycles. The lowest BCUT2D eigenvalue weighted by Crippen LogP contribution is -2.33. The van der Waals surface area contributed by atoms with Crippen molar-refractivity contribution in [2.45, 2.75) is 40.0 Å². The van der Waals surface area contributed by atoms with E-state index in [1.54, 1.807) is 11.3 Å². The largest absolute Gasteiger partial charge is 0.370 e. The Hall–Kier alpha value is -1.10. The molecule has 0 bridgehead atoms. The minimum absolute atomic E-state index is 0.553. The van der Waals surface area contributed by atoms with E-state index >= 15 is 0 Å². The molecule has 0 saturated carbocycles. The third-order valence-corrected chi connectivity index (χ3v) is 3.58. The van der Waals surface area contributed by atoms with Crippen LogP contribution < -0.4 is 11.1 Å². The lowest BCUT2D eigenvalue weighted by Gasteiger charge is -2.04. The maximum Gasteiger partial charge on any atom is 0.188 e. The summed E-state index contributed by atoms with van der Waals surface area (Å²) in [4.78, 5) is 9.97. The van der Waals surface area contributed by atoms with Crippen molar-refractivity contribution in [3.05, 3.63) is 15.6 Å². The monoisotopic (exact) mass is 254 g/mol. The lowest BCUT2D eigenvalue weighted by molar-refractivity contribution is 0.791. The van der Waals surface area contributed by atoms with Crippen LogP contribution in [0.1, 0.15) is 35.3 Å². The Morgan fingerprint density at radius 1 is 1.47 bits per heavy atom. The number of guanidine groups is 1. The summed E-state index contributed by atoms with van der Waals surface area (Å²) >= 11 is 1.76. The number of hydrogen-bond donors (Lipinski definition) is 2. The standard InChI is InChI=1S/C12H22N4S/c1-4-5-7-14-12(13)15-8-6-11-9(2)16-10(3)17-11/h4-8H2,1-3H3,(H3,13,14,15). The van der Waals surface area contributed by atoms with E-state index in [4.69, 9.17) is 5.73 Å². The maximum atomic E-state index is 5.75. The number of rotatable bonds is 6. The number of aliphatic imine (C=N–C) groups is 1. The number of nitrogens with one attached hydrogen (secondary N) is 1. The number of aryl methyl sites for hydroxylation is 2. The average Bonchev–Trinajstić information content (AvgIpc) is 2.58. The molecular weight excluding hydrogens is 232 g/mol. The first kappa shape index (κ1) is 14.0. The van der Waals surface area contributed by atoms with Crippen LogP contribution in [0.25, 0.3) is 0 Å². The maximum absolute atomic E-state index is 5.75. The minimum atomic E-state index is 0.553. The van der Waals surface area contributed by atoms with Gasteiger partial charge < -0.3 is 11.1 Å². The second-order valence-electron chi connectivity index (χ2n) is 4.04.